The quantitative estimate of drug-likeness (QED) is 0.816. The van der Waals surface area contributed by atoms with Crippen LogP contribution in [0.2, 0.25) is 5.02 Å². The van der Waals surface area contributed by atoms with Crippen molar-refractivity contribution in [2.75, 3.05) is 0 Å². The first-order valence-corrected chi connectivity index (χ1v) is 7.30. The third kappa shape index (κ3) is 3.12. The molecule has 102 valence electrons. The zero-order valence-corrected chi connectivity index (χ0v) is 13.5. The van der Waals surface area contributed by atoms with Gasteiger partial charge in [-0.15, -0.1) is 0 Å². The van der Waals surface area contributed by atoms with E-state index in [1.54, 1.807) is 0 Å². The van der Waals surface area contributed by atoms with Crippen LogP contribution in [-0.4, -0.2) is 9.78 Å². The highest BCUT2D eigenvalue weighted by Gasteiger charge is 2.13. The Morgan fingerprint density at radius 1 is 1.37 bits per heavy atom. The summed E-state index contributed by atoms with van der Waals surface area (Å²) in [6.07, 6.45) is 0. The van der Waals surface area contributed by atoms with E-state index in [0.29, 0.717) is 11.6 Å². The Hall–Kier alpha value is -1.000. The van der Waals surface area contributed by atoms with Crippen molar-refractivity contribution in [1.29, 1.82) is 0 Å². The summed E-state index contributed by atoms with van der Waals surface area (Å²) in [4.78, 5) is 0. The molecule has 0 N–H and O–H groups in total. The lowest BCUT2D eigenvalue weighted by molar-refractivity contribution is 0.290. The molecule has 3 nitrogen and oxygen atoms in total. The fraction of sp³-hybridized carbons (Fsp3) is 0.357. The number of hydrogen-bond donors (Lipinski definition) is 0. The van der Waals surface area contributed by atoms with Crippen molar-refractivity contribution in [2.24, 2.45) is 0 Å². The third-order valence-corrected chi connectivity index (χ3v) is 4.02. The molecule has 0 saturated carbocycles. The van der Waals surface area contributed by atoms with Crippen LogP contribution in [0.25, 0.3) is 0 Å². The molecular weight excluding hydrogens is 328 g/mol. The minimum atomic E-state index is 0.412. The highest BCUT2D eigenvalue weighted by molar-refractivity contribution is 9.10. The second kappa shape index (κ2) is 5.97. The minimum Gasteiger partial charge on any atom is -0.486 e. The van der Waals surface area contributed by atoms with Gasteiger partial charge in [-0.05, 0) is 54.4 Å². The molecule has 0 radical (unpaired) electrons. The van der Waals surface area contributed by atoms with Gasteiger partial charge in [0.15, 0.2) is 0 Å². The summed E-state index contributed by atoms with van der Waals surface area (Å²) in [5, 5.41) is 5.06. The van der Waals surface area contributed by atoms with Crippen LogP contribution in [0.3, 0.4) is 0 Å². The highest BCUT2D eigenvalue weighted by Crippen LogP contribution is 2.28. The van der Waals surface area contributed by atoms with Gasteiger partial charge in [0.2, 0.25) is 0 Å². The number of nitrogens with zero attached hydrogens (tertiary/aromatic N) is 2. The summed E-state index contributed by atoms with van der Waals surface area (Å²) in [6, 6.07) is 6.00. The van der Waals surface area contributed by atoms with E-state index in [2.05, 4.69) is 21.0 Å². The second-order valence-corrected chi connectivity index (χ2v) is 5.62. The van der Waals surface area contributed by atoms with Crippen LogP contribution in [0, 0.1) is 13.8 Å². The molecule has 2 rings (SSSR count). The Morgan fingerprint density at radius 3 is 2.74 bits per heavy atom. The molecule has 1 aromatic carbocycles. The van der Waals surface area contributed by atoms with Gasteiger partial charge in [0.05, 0.1) is 20.9 Å². The standard InChI is InChI=1S/C14H16BrClN2O/c1-4-18-12(14(16)10(3)17-18)8-19-13-6-5-9(2)7-11(13)15/h5-7H,4,8H2,1-3H3. The molecule has 0 unspecified atom stereocenters. The van der Waals surface area contributed by atoms with E-state index in [1.807, 2.05) is 43.7 Å². The van der Waals surface area contributed by atoms with Gasteiger partial charge < -0.3 is 4.74 Å². The molecule has 0 aliphatic heterocycles. The van der Waals surface area contributed by atoms with Crippen molar-refractivity contribution in [3.05, 3.63) is 44.6 Å². The van der Waals surface area contributed by atoms with Crippen molar-refractivity contribution in [2.45, 2.75) is 33.9 Å². The minimum absolute atomic E-state index is 0.412. The van der Waals surface area contributed by atoms with Gasteiger partial charge in [-0.2, -0.15) is 5.10 Å². The molecule has 0 bridgehead atoms. The molecule has 0 amide bonds. The van der Waals surface area contributed by atoms with E-state index in [0.717, 1.165) is 28.2 Å². The molecule has 0 fully saturated rings. The van der Waals surface area contributed by atoms with E-state index >= 15 is 0 Å². The molecule has 0 aliphatic rings. The van der Waals surface area contributed by atoms with Crippen LogP contribution in [0.4, 0.5) is 0 Å². The Labute approximate surface area is 126 Å². The van der Waals surface area contributed by atoms with E-state index < -0.39 is 0 Å². The van der Waals surface area contributed by atoms with Crippen LogP contribution >= 0.6 is 27.5 Å². The smallest absolute Gasteiger partial charge is 0.134 e. The molecule has 5 heteroatoms. The van der Waals surface area contributed by atoms with Crippen molar-refractivity contribution in [1.82, 2.24) is 9.78 Å². The molecule has 0 spiro atoms. The first-order valence-electron chi connectivity index (χ1n) is 6.13. The first-order chi connectivity index (χ1) is 9.02. The van der Waals surface area contributed by atoms with Gasteiger partial charge in [0.25, 0.3) is 0 Å². The van der Waals surface area contributed by atoms with E-state index in [1.165, 1.54) is 5.56 Å². The van der Waals surface area contributed by atoms with Gasteiger partial charge >= 0.3 is 0 Å². The van der Waals surface area contributed by atoms with Crippen LogP contribution in [-0.2, 0) is 13.2 Å². The number of ether oxygens (including phenoxy) is 1. The highest BCUT2D eigenvalue weighted by atomic mass is 79.9. The van der Waals surface area contributed by atoms with E-state index in [9.17, 15) is 0 Å². The van der Waals surface area contributed by atoms with Crippen LogP contribution in [0.1, 0.15) is 23.9 Å². The van der Waals surface area contributed by atoms with Crippen molar-refractivity contribution in [3.63, 3.8) is 0 Å². The molecule has 0 atom stereocenters. The summed E-state index contributed by atoms with van der Waals surface area (Å²) in [7, 11) is 0. The summed E-state index contributed by atoms with van der Waals surface area (Å²) >= 11 is 9.75. The fourth-order valence-electron chi connectivity index (χ4n) is 1.88. The monoisotopic (exact) mass is 342 g/mol. The van der Waals surface area contributed by atoms with Crippen LogP contribution in [0.5, 0.6) is 5.75 Å². The van der Waals surface area contributed by atoms with Gasteiger partial charge in [0.1, 0.15) is 12.4 Å². The van der Waals surface area contributed by atoms with E-state index in [-0.39, 0.29) is 0 Å². The predicted octanol–water partition coefficient (Wildman–Crippen LogP) is 4.51. The normalized spacial score (nSPS) is 10.8. The number of aromatic nitrogens is 2. The number of benzene rings is 1. The summed E-state index contributed by atoms with van der Waals surface area (Å²) in [5.74, 6) is 0.808. The van der Waals surface area contributed by atoms with Crippen molar-refractivity contribution in [3.8, 4) is 5.75 Å². The third-order valence-electron chi connectivity index (χ3n) is 2.90. The lowest BCUT2D eigenvalue weighted by Gasteiger charge is -2.10. The lowest BCUT2D eigenvalue weighted by atomic mass is 10.2. The molecule has 19 heavy (non-hydrogen) atoms. The molecule has 0 aliphatic carbocycles. The van der Waals surface area contributed by atoms with Gasteiger partial charge in [-0.1, -0.05) is 17.7 Å². The predicted molar refractivity (Wildman–Crippen MR) is 80.9 cm³/mol. The Balaban J connectivity index is 2.18. The summed E-state index contributed by atoms with van der Waals surface area (Å²) in [6.45, 7) is 7.17. The maximum atomic E-state index is 6.25. The zero-order valence-electron chi connectivity index (χ0n) is 11.2. The average Bonchev–Trinajstić information content (AvgIpc) is 2.65. The topological polar surface area (TPSA) is 27.1 Å². The Kier molecular flexibility index (Phi) is 4.53. The number of halogens is 2. The average molecular weight is 344 g/mol. The van der Waals surface area contributed by atoms with Crippen molar-refractivity contribution >= 4 is 27.5 Å². The van der Waals surface area contributed by atoms with E-state index in [4.69, 9.17) is 16.3 Å². The Morgan fingerprint density at radius 2 is 2.11 bits per heavy atom. The van der Waals surface area contributed by atoms with Gasteiger partial charge in [-0.25, -0.2) is 0 Å². The first kappa shape index (κ1) is 14.4. The van der Waals surface area contributed by atoms with Crippen LogP contribution < -0.4 is 4.74 Å². The largest absolute Gasteiger partial charge is 0.486 e. The number of rotatable bonds is 4. The van der Waals surface area contributed by atoms with Gasteiger partial charge in [0, 0.05) is 6.54 Å². The maximum Gasteiger partial charge on any atom is 0.134 e. The van der Waals surface area contributed by atoms with Crippen molar-refractivity contribution < 1.29 is 4.74 Å². The summed E-state index contributed by atoms with van der Waals surface area (Å²) in [5.41, 5.74) is 2.94. The number of hydrogen-bond acceptors (Lipinski definition) is 2. The molecule has 0 saturated heterocycles. The Bertz CT molecular complexity index is 595. The zero-order chi connectivity index (χ0) is 14.0. The number of aryl methyl sites for hydroxylation is 3. The second-order valence-electron chi connectivity index (χ2n) is 4.38. The van der Waals surface area contributed by atoms with Crippen LogP contribution in [0.15, 0.2) is 22.7 Å². The molecule has 1 aromatic heterocycles. The molecular formula is C14H16BrClN2O. The molecule has 2 aromatic rings. The SMILES string of the molecule is CCn1nc(C)c(Cl)c1COc1ccc(C)cc1Br. The lowest BCUT2D eigenvalue weighted by Crippen LogP contribution is -2.06. The molecule has 1 heterocycles. The maximum absolute atomic E-state index is 6.25. The van der Waals surface area contributed by atoms with Gasteiger partial charge in [-0.3, -0.25) is 4.68 Å². The fourth-order valence-corrected chi connectivity index (χ4v) is 2.67. The summed E-state index contributed by atoms with van der Waals surface area (Å²) < 4.78 is 8.64.